The number of ether oxygens (including phenoxy) is 1. The van der Waals surface area contributed by atoms with Crippen LogP contribution in [0.3, 0.4) is 0 Å². The summed E-state index contributed by atoms with van der Waals surface area (Å²) in [7, 11) is 1.61. The molecule has 3 heterocycles. The fraction of sp³-hybridized carbons (Fsp3) is 0.240. The Morgan fingerprint density at radius 1 is 1.03 bits per heavy atom. The van der Waals surface area contributed by atoms with Crippen LogP contribution in [0.5, 0.6) is 5.75 Å². The number of aromatic nitrogens is 3. The number of benzene rings is 2. The van der Waals surface area contributed by atoms with Gasteiger partial charge in [0.1, 0.15) is 22.9 Å². The number of nitrogens with zero attached hydrogens (tertiary/aromatic N) is 5. The Balaban J connectivity index is 1.26. The Labute approximate surface area is 196 Å². The number of carbonyl (C=O) groups excluding carboxylic acids is 1. The molecule has 0 unspecified atom stereocenters. The fourth-order valence-corrected chi connectivity index (χ4v) is 4.11. The molecule has 4 aromatic rings. The van der Waals surface area contributed by atoms with E-state index in [0.29, 0.717) is 19.6 Å². The molecule has 1 saturated heterocycles. The lowest BCUT2D eigenvalue weighted by atomic mass is 10.3. The summed E-state index contributed by atoms with van der Waals surface area (Å²) in [5.41, 5.74) is 3.07. The van der Waals surface area contributed by atoms with Crippen molar-refractivity contribution in [1.29, 1.82) is 0 Å². The van der Waals surface area contributed by atoms with E-state index in [1.807, 2.05) is 45.9 Å². The third kappa shape index (κ3) is 4.55. The van der Waals surface area contributed by atoms with Crippen molar-refractivity contribution < 1.29 is 13.9 Å². The second kappa shape index (κ2) is 9.48. The van der Waals surface area contributed by atoms with Crippen LogP contribution in [0.2, 0.25) is 0 Å². The van der Waals surface area contributed by atoms with Gasteiger partial charge in [-0.1, -0.05) is 0 Å². The number of fused-ring (bicyclic) bond motifs is 1. The number of methoxy groups -OCH3 is 1. The summed E-state index contributed by atoms with van der Waals surface area (Å²) in [6, 6.07) is 17.3. The highest BCUT2D eigenvalue weighted by atomic mass is 19.1. The third-order valence-corrected chi connectivity index (χ3v) is 5.94. The highest BCUT2D eigenvalue weighted by Gasteiger charge is 2.23. The van der Waals surface area contributed by atoms with Crippen molar-refractivity contribution in [2.24, 2.45) is 0 Å². The van der Waals surface area contributed by atoms with E-state index >= 15 is 0 Å². The van der Waals surface area contributed by atoms with E-state index < -0.39 is 0 Å². The first kappa shape index (κ1) is 21.8. The first-order valence-electron chi connectivity index (χ1n) is 11.1. The summed E-state index contributed by atoms with van der Waals surface area (Å²) in [4.78, 5) is 26.0. The Hall–Kier alpha value is -3.98. The molecule has 1 aliphatic rings. The van der Waals surface area contributed by atoms with Gasteiger partial charge in [0.25, 0.3) is 0 Å². The number of hydrogen-bond acceptors (Lipinski definition) is 5. The van der Waals surface area contributed by atoms with Crippen molar-refractivity contribution in [2.45, 2.75) is 6.54 Å². The summed E-state index contributed by atoms with van der Waals surface area (Å²) >= 11 is 0. The van der Waals surface area contributed by atoms with Crippen molar-refractivity contribution in [3.63, 3.8) is 0 Å². The maximum absolute atomic E-state index is 13.5. The Morgan fingerprint density at radius 2 is 1.76 bits per heavy atom. The van der Waals surface area contributed by atoms with Gasteiger partial charge in [0.05, 0.1) is 13.7 Å². The molecule has 1 fully saturated rings. The summed E-state index contributed by atoms with van der Waals surface area (Å²) in [5, 5.41) is 2.94. The van der Waals surface area contributed by atoms with E-state index in [0.717, 1.165) is 47.2 Å². The molecule has 1 N–H and O–H groups in total. The van der Waals surface area contributed by atoms with Crippen LogP contribution in [-0.2, 0) is 6.54 Å². The minimum Gasteiger partial charge on any atom is -0.497 e. The molecule has 0 bridgehead atoms. The number of imidazole rings is 1. The van der Waals surface area contributed by atoms with Gasteiger partial charge < -0.3 is 15.0 Å². The molecular formula is C25H25FN6O2. The molecule has 174 valence electrons. The first-order chi connectivity index (χ1) is 16.6. The van der Waals surface area contributed by atoms with Crippen molar-refractivity contribution in [2.75, 3.05) is 38.6 Å². The van der Waals surface area contributed by atoms with Gasteiger partial charge in [-0.2, -0.15) is 0 Å². The predicted molar refractivity (Wildman–Crippen MR) is 128 cm³/mol. The number of nitrogens with one attached hydrogen (secondary N) is 1. The Bertz CT molecular complexity index is 1280. The SMILES string of the molecule is COc1ccc(NC(=O)N2CCN(Cc3nc4cccnc4n3-c3ccc(F)cc3)CC2)cc1. The van der Waals surface area contributed by atoms with Crippen LogP contribution in [0, 0.1) is 5.82 Å². The molecular weight excluding hydrogens is 435 g/mol. The lowest BCUT2D eigenvalue weighted by Gasteiger charge is -2.34. The average molecular weight is 461 g/mol. The number of carbonyl (C=O) groups is 1. The quantitative estimate of drug-likeness (QED) is 0.489. The zero-order valence-electron chi connectivity index (χ0n) is 18.8. The van der Waals surface area contributed by atoms with Crippen LogP contribution in [0.1, 0.15) is 5.82 Å². The van der Waals surface area contributed by atoms with Crippen LogP contribution >= 0.6 is 0 Å². The number of hydrogen-bond donors (Lipinski definition) is 1. The van der Waals surface area contributed by atoms with E-state index in [2.05, 4.69) is 15.2 Å². The molecule has 0 spiro atoms. The van der Waals surface area contributed by atoms with Gasteiger partial charge in [-0.05, 0) is 60.7 Å². The van der Waals surface area contributed by atoms with Crippen LogP contribution in [0.25, 0.3) is 16.9 Å². The van der Waals surface area contributed by atoms with Crippen LogP contribution < -0.4 is 10.1 Å². The Kier molecular flexibility index (Phi) is 6.09. The predicted octanol–water partition coefficient (Wildman–Crippen LogP) is 3.92. The van der Waals surface area contributed by atoms with Crippen molar-refractivity contribution in [3.05, 3.63) is 78.5 Å². The normalized spacial score (nSPS) is 14.4. The zero-order chi connectivity index (χ0) is 23.5. The van der Waals surface area contributed by atoms with Gasteiger partial charge in [0, 0.05) is 43.8 Å². The smallest absolute Gasteiger partial charge is 0.321 e. The topological polar surface area (TPSA) is 75.5 Å². The number of rotatable bonds is 5. The van der Waals surface area contributed by atoms with Gasteiger partial charge in [0.15, 0.2) is 5.65 Å². The molecule has 2 amide bonds. The highest BCUT2D eigenvalue weighted by Crippen LogP contribution is 2.22. The van der Waals surface area contributed by atoms with E-state index in [1.165, 1.54) is 12.1 Å². The monoisotopic (exact) mass is 460 g/mol. The molecule has 8 nitrogen and oxygen atoms in total. The van der Waals surface area contributed by atoms with Crippen molar-refractivity contribution >= 4 is 22.9 Å². The zero-order valence-corrected chi connectivity index (χ0v) is 18.8. The number of anilines is 1. The number of urea groups is 1. The maximum Gasteiger partial charge on any atom is 0.321 e. The number of halogens is 1. The lowest BCUT2D eigenvalue weighted by Crippen LogP contribution is -2.49. The summed E-state index contributed by atoms with van der Waals surface area (Å²) in [6.07, 6.45) is 1.73. The van der Waals surface area contributed by atoms with Gasteiger partial charge in [-0.3, -0.25) is 9.47 Å². The second-order valence-electron chi connectivity index (χ2n) is 8.11. The molecule has 2 aromatic heterocycles. The van der Waals surface area contributed by atoms with Crippen molar-refractivity contribution in [1.82, 2.24) is 24.3 Å². The molecule has 0 aliphatic carbocycles. The standard InChI is InChI=1S/C25H25FN6O2/c1-34-21-10-6-19(7-11-21)28-25(33)31-15-13-30(14-16-31)17-23-29-22-3-2-12-27-24(22)32(23)20-8-4-18(26)5-9-20/h2-12H,13-17H2,1H3,(H,28,33). The molecule has 0 radical (unpaired) electrons. The minimum atomic E-state index is -0.285. The highest BCUT2D eigenvalue weighted by molar-refractivity contribution is 5.89. The summed E-state index contributed by atoms with van der Waals surface area (Å²) in [5.74, 6) is 1.29. The third-order valence-electron chi connectivity index (χ3n) is 5.94. The molecule has 5 rings (SSSR count). The molecule has 0 atom stereocenters. The average Bonchev–Trinajstić information content (AvgIpc) is 3.23. The number of pyridine rings is 1. The second-order valence-corrected chi connectivity index (χ2v) is 8.11. The number of amides is 2. The van der Waals surface area contributed by atoms with Crippen LogP contribution in [0.4, 0.5) is 14.9 Å². The van der Waals surface area contributed by atoms with Gasteiger partial charge in [0.2, 0.25) is 0 Å². The largest absolute Gasteiger partial charge is 0.497 e. The first-order valence-corrected chi connectivity index (χ1v) is 11.1. The van der Waals surface area contributed by atoms with Crippen molar-refractivity contribution in [3.8, 4) is 11.4 Å². The molecule has 1 aliphatic heterocycles. The van der Waals surface area contributed by atoms with Gasteiger partial charge in [-0.25, -0.2) is 19.2 Å². The molecule has 0 saturated carbocycles. The summed E-state index contributed by atoms with van der Waals surface area (Å²) < 4.78 is 20.6. The summed E-state index contributed by atoms with van der Waals surface area (Å²) in [6.45, 7) is 3.25. The molecule has 9 heteroatoms. The Morgan fingerprint density at radius 3 is 2.47 bits per heavy atom. The van der Waals surface area contributed by atoms with E-state index in [1.54, 1.807) is 25.4 Å². The maximum atomic E-state index is 13.5. The van der Waals surface area contributed by atoms with E-state index in [9.17, 15) is 9.18 Å². The van der Waals surface area contributed by atoms with E-state index in [-0.39, 0.29) is 11.8 Å². The van der Waals surface area contributed by atoms with Gasteiger partial charge >= 0.3 is 6.03 Å². The minimum absolute atomic E-state index is 0.118. The number of piperazine rings is 1. The van der Waals surface area contributed by atoms with Crippen LogP contribution in [-0.4, -0.2) is 63.7 Å². The van der Waals surface area contributed by atoms with Crippen LogP contribution in [0.15, 0.2) is 66.9 Å². The van der Waals surface area contributed by atoms with Gasteiger partial charge in [-0.15, -0.1) is 0 Å². The van der Waals surface area contributed by atoms with E-state index in [4.69, 9.17) is 9.72 Å². The lowest BCUT2D eigenvalue weighted by molar-refractivity contribution is 0.140. The fourth-order valence-electron chi connectivity index (χ4n) is 4.11. The molecule has 2 aromatic carbocycles. The molecule has 34 heavy (non-hydrogen) atoms.